The fourth-order valence-electron chi connectivity index (χ4n) is 2.57. The van der Waals surface area contributed by atoms with E-state index in [0.717, 1.165) is 11.6 Å². The van der Waals surface area contributed by atoms with E-state index in [2.05, 4.69) is 10.6 Å². The Morgan fingerprint density at radius 1 is 1.04 bits per heavy atom. The predicted molar refractivity (Wildman–Crippen MR) is 104 cm³/mol. The molecule has 0 radical (unpaired) electrons. The van der Waals surface area contributed by atoms with Crippen LogP contribution in [0.3, 0.4) is 0 Å². The van der Waals surface area contributed by atoms with Crippen molar-refractivity contribution in [3.63, 3.8) is 0 Å². The standard InChI is InChI=1S/C21H23FN2O4/c1-13(2)11-19(25)24-18-8-7-16(12-17(18)22)20(26)23-10-9-14-3-5-15(6-4-14)21(27)28/h3-8,12-13H,9-11H2,1-2H3,(H,23,26)(H,24,25)(H,27,28). The van der Waals surface area contributed by atoms with Gasteiger partial charge in [0.25, 0.3) is 5.91 Å². The number of hydrogen-bond donors (Lipinski definition) is 3. The highest BCUT2D eigenvalue weighted by Crippen LogP contribution is 2.17. The third kappa shape index (κ3) is 6.19. The second-order valence-electron chi connectivity index (χ2n) is 6.85. The topological polar surface area (TPSA) is 95.5 Å². The molecule has 28 heavy (non-hydrogen) atoms. The van der Waals surface area contributed by atoms with E-state index in [0.29, 0.717) is 13.0 Å². The molecule has 0 spiro atoms. The van der Waals surface area contributed by atoms with E-state index < -0.39 is 17.7 Å². The molecule has 0 fully saturated rings. The summed E-state index contributed by atoms with van der Waals surface area (Å²) in [5.41, 5.74) is 1.27. The van der Waals surface area contributed by atoms with Crippen molar-refractivity contribution >= 4 is 23.5 Å². The summed E-state index contributed by atoms with van der Waals surface area (Å²) in [5, 5.41) is 14.1. The zero-order chi connectivity index (χ0) is 20.7. The number of halogens is 1. The lowest BCUT2D eigenvalue weighted by Gasteiger charge is -2.10. The molecule has 2 aromatic carbocycles. The van der Waals surface area contributed by atoms with E-state index in [9.17, 15) is 18.8 Å². The molecular weight excluding hydrogens is 363 g/mol. The first-order valence-corrected chi connectivity index (χ1v) is 8.96. The van der Waals surface area contributed by atoms with E-state index in [1.165, 1.54) is 24.3 Å². The minimum absolute atomic E-state index is 0.0423. The highest BCUT2D eigenvalue weighted by molar-refractivity contribution is 5.96. The molecule has 0 aliphatic heterocycles. The predicted octanol–water partition coefficient (Wildman–Crippen LogP) is 3.48. The summed E-state index contributed by atoms with van der Waals surface area (Å²) in [5.74, 6) is -2.21. The summed E-state index contributed by atoms with van der Waals surface area (Å²) in [6, 6.07) is 10.3. The van der Waals surface area contributed by atoms with Crippen molar-refractivity contribution in [1.82, 2.24) is 5.32 Å². The van der Waals surface area contributed by atoms with Gasteiger partial charge in [0.05, 0.1) is 11.3 Å². The van der Waals surface area contributed by atoms with Crippen LogP contribution in [0.4, 0.5) is 10.1 Å². The Labute approximate surface area is 162 Å². The highest BCUT2D eigenvalue weighted by Gasteiger charge is 2.12. The Bertz CT molecular complexity index is 863. The van der Waals surface area contributed by atoms with E-state index in [1.54, 1.807) is 12.1 Å². The number of aromatic carboxylic acids is 1. The van der Waals surface area contributed by atoms with Gasteiger partial charge < -0.3 is 15.7 Å². The van der Waals surface area contributed by atoms with Crippen LogP contribution in [0.2, 0.25) is 0 Å². The van der Waals surface area contributed by atoms with Crippen molar-refractivity contribution in [3.8, 4) is 0 Å². The SMILES string of the molecule is CC(C)CC(=O)Nc1ccc(C(=O)NCCc2ccc(C(=O)O)cc2)cc1F. The highest BCUT2D eigenvalue weighted by atomic mass is 19.1. The summed E-state index contributed by atoms with van der Waals surface area (Å²) in [6.45, 7) is 4.10. The molecule has 3 N–H and O–H groups in total. The number of anilines is 1. The maximum absolute atomic E-state index is 14.2. The molecule has 2 rings (SSSR count). The lowest BCUT2D eigenvalue weighted by atomic mass is 10.1. The maximum Gasteiger partial charge on any atom is 0.335 e. The first-order chi connectivity index (χ1) is 13.3. The number of carboxylic acid groups (broad SMARTS) is 1. The minimum Gasteiger partial charge on any atom is -0.478 e. The van der Waals surface area contributed by atoms with Crippen molar-refractivity contribution in [3.05, 3.63) is 65.0 Å². The van der Waals surface area contributed by atoms with Gasteiger partial charge >= 0.3 is 5.97 Å². The Kier molecular flexibility index (Phi) is 7.26. The third-order valence-electron chi connectivity index (χ3n) is 4.00. The monoisotopic (exact) mass is 386 g/mol. The zero-order valence-electron chi connectivity index (χ0n) is 15.8. The summed E-state index contributed by atoms with van der Waals surface area (Å²) < 4.78 is 14.2. The van der Waals surface area contributed by atoms with E-state index in [-0.39, 0.29) is 35.1 Å². The van der Waals surface area contributed by atoms with Crippen LogP contribution in [0.5, 0.6) is 0 Å². The van der Waals surface area contributed by atoms with Crippen LogP contribution in [0.1, 0.15) is 46.5 Å². The molecule has 0 heterocycles. The smallest absolute Gasteiger partial charge is 0.335 e. The van der Waals surface area contributed by atoms with Gasteiger partial charge in [-0.15, -0.1) is 0 Å². The number of amides is 2. The Morgan fingerprint density at radius 2 is 1.68 bits per heavy atom. The molecule has 0 unspecified atom stereocenters. The third-order valence-corrected chi connectivity index (χ3v) is 4.00. The van der Waals surface area contributed by atoms with Crippen LogP contribution in [0.25, 0.3) is 0 Å². The van der Waals surface area contributed by atoms with Crippen LogP contribution in [-0.2, 0) is 11.2 Å². The van der Waals surface area contributed by atoms with Crippen molar-refractivity contribution in [2.45, 2.75) is 26.7 Å². The van der Waals surface area contributed by atoms with Crippen LogP contribution >= 0.6 is 0 Å². The molecule has 0 aliphatic carbocycles. The maximum atomic E-state index is 14.2. The van der Waals surface area contributed by atoms with Gasteiger partial charge in [0.15, 0.2) is 0 Å². The second-order valence-corrected chi connectivity index (χ2v) is 6.85. The van der Waals surface area contributed by atoms with Crippen LogP contribution in [0, 0.1) is 11.7 Å². The molecule has 0 saturated carbocycles. The largest absolute Gasteiger partial charge is 0.478 e. The van der Waals surface area contributed by atoms with Gasteiger partial charge in [-0.3, -0.25) is 9.59 Å². The van der Waals surface area contributed by atoms with Crippen molar-refractivity contribution < 1.29 is 23.9 Å². The molecule has 148 valence electrons. The molecule has 7 heteroatoms. The summed E-state index contributed by atoms with van der Waals surface area (Å²) in [7, 11) is 0. The number of hydrogen-bond acceptors (Lipinski definition) is 3. The van der Waals surface area contributed by atoms with Crippen LogP contribution < -0.4 is 10.6 Å². The van der Waals surface area contributed by atoms with Crippen molar-refractivity contribution in [1.29, 1.82) is 0 Å². The Hall–Kier alpha value is -3.22. The summed E-state index contributed by atoms with van der Waals surface area (Å²) in [4.78, 5) is 34.7. The van der Waals surface area contributed by atoms with Crippen LogP contribution in [-0.4, -0.2) is 29.4 Å². The quantitative estimate of drug-likeness (QED) is 0.647. The molecule has 6 nitrogen and oxygen atoms in total. The van der Waals surface area contributed by atoms with E-state index in [4.69, 9.17) is 5.11 Å². The van der Waals surface area contributed by atoms with Crippen molar-refractivity contribution in [2.24, 2.45) is 5.92 Å². The number of carbonyl (C=O) groups excluding carboxylic acids is 2. The fourth-order valence-corrected chi connectivity index (χ4v) is 2.57. The van der Waals surface area contributed by atoms with Gasteiger partial charge in [0, 0.05) is 18.5 Å². The second kappa shape index (κ2) is 9.64. The molecule has 0 atom stereocenters. The molecule has 0 aromatic heterocycles. The van der Waals surface area contributed by atoms with Crippen molar-refractivity contribution in [2.75, 3.05) is 11.9 Å². The van der Waals surface area contributed by atoms with E-state index >= 15 is 0 Å². The minimum atomic E-state index is -0.995. The zero-order valence-corrected chi connectivity index (χ0v) is 15.8. The lowest BCUT2D eigenvalue weighted by molar-refractivity contribution is -0.116. The summed E-state index contributed by atoms with van der Waals surface area (Å²) in [6.07, 6.45) is 0.798. The average Bonchev–Trinajstić information content (AvgIpc) is 2.63. The fraction of sp³-hybridized carbons (Fsp3) is 0.286. The molecule has 2 aromatic rings. The summed E-state index contributed by atoms with van der Waals surface area (Å²) >= 11 is 0. The Balaban J connectivity index is 1.89. The molecule has 0 saturated heterocycles. The van der Waals surface area contributed by atoms with Gasteiger partial charge in [0.2, 0.25) is 5.91 Å². The van der Waals surface area contributed by atoms with Gasteiger partial charge in [-0.05, 0) is 48.2 Å². The number of nitrogens with one attached hydrogen (secondary N) is 2. The number of carbonyl (C=O) groups is 3. The molecular formula is C21H23FN2O4. The number of rotatable bonds is 8. The molecule has 0 bridgehead atoms. The normalized spacial score (nSPS) is 10.6. The first-order valence-electron chi connectivity index (χ1n) is 8.96. The molecule has 0 aliphatic rings. The van der Waals surface area contributed by atoms with Crippen LogP contribution in [0.15, 0.2) is 42.5 Å². The first kappa shape index (κ1) is 21.1. The van der Waals surface area contributed by atoms with Gasteiger partial charge in [-0.1, -0.05) is 26.0 Å². The van der Waals surface area contributed by atoms with Gasteiger partial charge in [0.1, 0.15) is 5.82 Å². The Morgan fingerprint density at radius 3 is 2.25 bits per heavy atom. The lowest BCUT2D eigenvalue weighted by Crippen LogP contribution is -2.26. The number of carboxylic acids is 1. The van der Waals surface area contributed by atoms with E-state index in [1.807, 2.05) is 13.8 Å². The number of benzene rings is 2. The van der Waals surface area contributed by atoms with Gasteiger partial charge in [-0.2, -0.15) is 0 Å². The average molecular weight is 386 g/mol. The van der Waals surface area contributed by atoms with Gasteiger partial charge in [-0.25, -0.2) is 9.18 Å². The molecule has 2 amide bonds.